The van der Waals surface area contributed by atoms with Gasteiger partial charge in [-0.25, -0.2) is 14.4 Å². The highest BCUT2D eigenvalue weighted by atomic mass is 19.4. The van der Waals surface area contributed by atoms with Crippen LogP contribution in [0.25, 0.3) is 11.1 Å². The van der Waals surface area contributed by atoms with Crippen molar-refractivity contribution in [3.05, 3.63) is 48.4 Å². The standard InChI is InChI=1S/C34H37F4N5O3/c1-2-45-28-39-16-23(17-40-28)22-4-3-5-24(14-22)43(25(44)15-30-18-32(35,19-30)20-30)21-29-6-9-31(10-7-29,11-8-29)26-41-27(46-42-26)33(12-13-33)34(36,37)38/h3-5,14,16-17H,2,6-13,15,18-21H2,1H3. The van der Waals surface area contributed by atoms with Crippen LogP contribution in [0.2, 0.25) is 0 Å². The molecule has 0 spiro atoms. The minimum absolute atomic E-state index is 0.00307. The molecule has 7 aliphatic carbocycles. The Morgan fingerprint density at radius 2 is 1.63 bits per heavy atom. The molecule has 0 atom stereocenters. The lowest BCUT2D eigenvalue weighted by Crippen LogP contribution is -2.65. The second kappa shape index (κ2) is 9.97. The molecule has 7 fully saturated rings. The van der Waals surface area contributed by atoms with Crippen molar-refractivity contribution >= 4 is 11.6 Å². The molecule has 2 heterocycles. The maximum absolute atomic E-state index is 14.4. The molecular formula is C34H37F4N5O3. The van der Waals surface area contributed by atoms with Gasteiger partial charge >= 0.3 is 12.2 Å². The molecule has 1 aromatic carbocycles. The molecule has 0 N–H and O–H groups in total. The second-order valence-electron chi connectivity index (χ2n) is 14.9. The Labute approximate surface area is 264 Å². The average molecular weight is 640 g/mol. The van der Waals surface area contributed by atoms with Crippen LogP contribution in [0.15, 0.2) is 41.2 Å². The number of anilines is 1. The predicted octanol–water partition coefficient (Wildman–Crippen LogP) is 7.43. The van der Waals surface area contributed by atoms with Crippen LogP contribution in [0.1, 0.15) is 95.7 Å². The van der Waals surface area contributed by atoms with E-state index in [1.807, 2.05) is 36.1 Å². The van der Waals surface area contributed by atoms with Gasteiger partial charge in [-0.05, 0) is 106 Å². The van der Waals surface area contributed by atoms with E-state index in [1.165, 1.54) is 0 Å². The molecule has 244 valence electrons. The number of ether oxygens (including phenoxy) is 1. The molecule has 1 amide bonds. The summed E-state index contributed by atoms with van der Waals surface area (Å²) in [6.07, 6.45) is 5.25. The van der Waals surface area contributed by atoms with Crippen LogP contribution in [-0.4, -0.2) is 51.0 Å². The van der Waals surface area contributed by atoms with Gasteiger partial charge in [0.25, 0.3) is 0 Å². The lowest BCUT2D eigenvalue weighted by Gasteiger charge is -2.66. The van der Waals surface area contributed by atoms with Crippen LogP contribution >= 0.6 is 0 Å². The van der Waals surface area contributed by atoms with Gasteiger partial charge in [0.2, 0.25) is 11.8 Å². The molecule has 3 aromatic rings. The predicted molar refractivity (Wildman–Crippen MR) is 159 cm³/mol. The first kappa shape index (κ1) is 29.8. The van der Waals surface area contributed by atoms with Gasteiger partial charge < -0.3 is 14.2 Å². The molecule has 4 bridgehead atoms. The molecule has 7 aliphatic rings. The molecule has 10 rings (SSSR count). The van der Waals surface area contributed by atoms with Gasteiger partial charge in [-0.3, -0.25) is 4.79 Å². The Hall–Kier alpha value is -3.57. The molecule has 7 saturated carbocycles. The fourth-order valence-corrected chi connectivity index (χ4v) is 8.86. The third-order valence-electron chi connectivity index (χ3n) is 11.8. The molecule has 0 saturated heterocycles. The van der Waals surface area contributed by atoms with E-state index in [1.54, 1.807) is 12.4 Å². The molecule has 46 heavy (non-hydrogen) atoms. The van der Waals surface area contributed by atoms with Crippen molar-refractivity contribution in [3.8, 4) is 17.1 Å². The fourth-order valence-electron chi connectivity index (χ4n) is 8.86. The van der Waals surface area contributed by atoms with Crippen LogP contribution in [0.3, 0.4) is 0 Å². The summed E-state index contributed by atoms with van der Waals surface area (Å²) < 4.78 is 66.2. The molecule has 0 aliphatic heterocycles. The number of carbonyl (C=O) groups is 1. The van der Waals surface area contributed by atoms with Gasteiger partial charge in [0.1, 0.15) is 11.1 Å². The van der Waals surface area contributed by atoms with Gasteiger partial charge in [0.05, 0.1) is 6.61 Å². The first-order chi connectivity index (χ1) is 21.9. The number of hydrogen-bond acceptors (Lipinski definition) is 7. The third-order valence-corrected chi connectivity index (χ3v) is 11.8. The summed E-state index contributed by atoms with van der Waals surface area (Å²) >= 11 is 0. The van der Waals surface area contributed by atoms with E-state index in [9.17, 15) is 22.4 Å². The van der Waals surface area contributed by atoms with E-state index < -0.39 is 22.7 Å². The summed E-state index contributed by atoms with van der Waals surface area (Å²) in [4.78, 5) is 29.0. The van der Waals surface area contributed by atoms with Gasteiger partial charge in [-0.1, -0.05) is 17.3 Å². The van der Waals surface area contributed by atoms with E-state index >= 15 is 0 Å². The van der Waals surface area contributed by atoms with Gasteiger partial charge in [-0.2, -0.15) is 18.2 Å². The number of carbonyl (C=O) groups excluding carboxylic acids is 1. The molecule has 2 aromatic heterocycles. The molecule has 8 nitrogen and oxygen atoms in total. The highest BCUT2D eigenvalue weighted by Gasteiger charge is 2.70. The van der Waals surface area contributed by atoms with Gasteiger partial charge in [-0.15, -0.1) is 0 Å². The monoisotopic (exact) mass is 639 g/mol. The zero-order chi connectivity index (χ0) is 32.0. The number of halogens is 4. The molecule has 0 unspecified atom stereocenters. The van der Waals surface area contributed by atoms with Crippen molar-refractivity contribution in [2.24, 2.45) is 10.8 Å². The van der Waals surface area contributed by atoms with Gasteiger partial charge in [0, 0.05) is 42.0 Å². The largest absolute Gasteiger partial charge is 0.464 e. The lowest BCUT2D eigenvalue weighted by molar-refractivity contribution is -0.215. The molecule has 0 radical (unpaired) electrons. The number of fused-ring (bicyclic) bond motifs is 3. The van der Waals surface area contributed by atoms with Crippen LogP contribution < -0.4 is 9.64 Å². The van der Waals surface area contributed by atoms with Crippen molar-refractivity contribution in [2.75, 3.05) is 18.1 Å². The minimum atomic E-state index is -4.40. The Morgan fingerprint density at radius 3 is 2.22 bits per heavy atom. The number of aromatic nitrogens is 4. The van der Waals surface area contributed by atoms with Crippen LogP contribution in [0.4, 0.5) is 23.2 Å². The van der Waals surface area contributed by atoms with E-state index in [0.717, 1.165) is 55.3 Å². The summed E-state index contributed by atoms with van der Waals surface area (Å²) in [6, 6.07) is 8.11. The highest BCUT2D eigenvalue weighted by Crippen LogP contribution is 2.71. The zero-order valence-corrected chi connectivity index (χ0v) is 25.8. The number of benzene rings is 1. The topological polar surface area (TPSA) is 94.2 Å². The lowest BCUT2D eigenvalue weighted by atomic mass is 9.41. The number of hydrogen-bond donors (Lipinski definition) is 0. The fraction of sp³-hybridized carbons (Fsp3) is 0.618. The molecule has 12 heteroatoms. The Balaban J connectivity index is 1.03. The normalized spacial score (nSPS) is 31.9. The van der Waals surface area contributed by atoms with Crippen LogP contribution in [0, 0.1) is 10.8 Å². The van der Waals surface area contributed by atoms with E-state index in [2.05, 4.69) is 20.1 Å². The van der Waals surface area contributed by atoms with Crippen molar-refractivity contribution < 1.29 is 31.6 Å². The summed E-state index contributed by atoms with van der Waals surface area (Å²) in [5.41, 5.74) is -1.41. The Bertz CT molecular complexity index is 1620. The maximum Gasteiger partial charge on any atom is 0.403 e. The summed E-state index contributed by atoms with van der Waals surface area (Å²) in [5.74, 6) is 0.0988. The summed E-state index contributed by atoms with van der Waals surface area (Å²) in [6.45, 7) is 2.86. The summed E-state index contributed by atoms with van der Waals surface area (Å²) in [5, 5.41) is 4.11. The highest BCUT2D eigenvalue weighted by molar-refractivity contribution is 5.95. The summed E-state index contributed by atoms with van der Waals surface area (Å²) in [7, 11) is 0. The maximum atomic E-state index is 14.4. The van der Waals surface area contributed by atoms with Gasteiger partial charge in [0.15, 0.2) is 5.82 Å². The number of alkyl halides is 4. The Morgan fingerprint density at radius 1 is 0.957 bits per heavy atom. The number of nitrogens with zero attached hydrogens (tertiary/aromatic N) is 5. The van der Waals surface area contributed by atoms with Crippen molar-refractivity contribution in [1.29, 1.82) is 0 Å². The average Bonchev–Trinajstić information content (AvgIpc) is 3.70. The Kier molecular flexibility index (Phi) is 6.46. The van der Waals surface area contributed by atoms with E-state index in [0.29, 0.717) is 50.7 Å². The second-order valence-corrected chi connectivity index (χ2v) is 14.9. The van der Waals surface area contributed by atoms with Crippen molar-refractivity contribution in [1.82, 2.24) is 20.1 Å². The SMILES string of the molecule is CCOc1ncc(-c2cccc(N(CC34CCC(c5noc(C6(C(F)(F)F)CC6)n5)(CC3)CC4)C(=O)CC34CC(F)(C3)C4)c2)cn1. The van der Waals surface area contributed by atoms with E-state index in [4.69, 9.17) is 9.26 Å². The minimum Gasteiger partial charge on any atom is -0.464 e. The molecular weight excluding hydrogens is 602 g/mol. The van der Waals surface area contributed by atoms with Crippen LogP contribution in [-0.2, 0) is 15.6 Å². The first-order valence-electron chi connectivity index (χ1n) is 16.4. The quantitative estimate of drug-likeness (QED) is 0.213. The smallest absolute Gasteiger partial charge is 0.403 e. The van der Waals surface area contributed by atoms with Crippen molar-refractivity contribution in [3.63, 3.8) is 0 Å². The third kappa shape index (κ3) is 4.72. The van der Waals surface area contributed by atoms with Crippen LogP contribution in [0.5, 0.6) is 6.01 Å². The number of rotatable bonds is 10. The number of amides is 1. The zero-order valence-electron chi connectivity index (χ0n) is 25.8. The first-order valence-corrected chi connectivity index (χ1v) is 16.4. The van der Waals surface area contributed by atoms with Crippen molar-refractivity contribution in [2.45, 2.75) is 107 Å². The van der Waals surface area contributed by atoms with E-state index in [-0.39, 0.29) is 35.5 Å².